The van der Waals surface area contributed by atoms with E-state index in [1.807, 2.05) is 0 Å². The summed E-state index contributed by atoms with van der Waals surface area (Å²) in [5.41, 5.74) is -2.19. The summed E-state index contributed by atoms with van der Waals surface area (Å²) in [6, 6.07) is 5.70. The largest absolute Gasteiger partial charge is 0.364 e. The van der Waals surface area contributed by atoms with Crippen LogP contribution in [0.15, 0.2) is 29.4 Å². The number of benzene rings is 1. The van der Waals surface area contributed by atoms with Crippen molar-refractivity contribution in [1.82, 2.24) is 5.01 Å². The molecule has 0 spiro atoms. The van der Waals surface area contributed by atoms with Gasteiger partial charge in [0.05, 0.1) is 0 Å². The van der Waals surface area contributed by atoms with Crippen LogP contribution in [0.5, 0.6) is 0 Å². The Morgan fingerprint density at radius 1 is 1.47 bits per heavy atom. The van der Waals surface area contributed by atoms with Gasteiger partial charge in [0.2, 0.25) is 5.72 Å². The van der Waals surface area contributed by atoms with Crippen molar-refractivity contribution in [1.29, 1.82) is 0 Å². The number of carbonyl (C=O) groups excluding carboxylic acids is 1. The molecule has 0 saturated carbocycles. The summed E-state index contributed by atoms with van der Waals surface area (Å²) < 4.78 is 25.9. The van der Waals surface area contributed by atoms with Crippen LogP contribution in [0.25, 0.3) is 0 Å². The van der Waals surface area contributed by atoms with Crippen LogP contribution in [0.3, 0.4) is 0 Å². The molecule has 0 unspecified atom stereocenters. The van der Waals surface area contributed by atoms with Gasteiger partial charge in [0, 0.05) is 22.7 Å². The molecular weight excluding hydrogens is 278 g/mol. The van der Waals surface area contributed by atoms with E-state index in [1.165, 1.54) is 31.2 Å². The Bertz CT molecular complexity index is 533. The first-order valence-electron chi connectivity index (χ1n) is 5.49. The van der Waals surface area contributed by atoms with Crippen molar-refractivity contribution in [3.8, 4) is 0 Å². The number of rotatable bonds is 2. The van der Waals surface area contributed by atoms with Gasteiger partial charge >= 0.3 is 0 Å². The Morgan fingerprint density at radius 2 is 2.05 bits per heavy atom. The fraction of sp³-hybridized carbons (Fsp3) is 0.333. The van der Waals surface area contributed by atoms with Gasteiger partial charge in [0.1, 0.15) is 0 Å². The summed E-state index contributed by atoms with van der Waals surface area (Å²) >= 11 is 5.68. The summed E-state index contributed by atoms with van der Waals surface area (Å²) in [5.74, 6) is -0.795. The third-order valence-electron chi connectivity index (χ3n) is 2.79. The van der Waals surface area contributed by atoms with E-state index in [-0.39, 0.29) is 17.7 Å². The SMILES string of the molecule is CC1=NN(C(=O)c2ccc(Cl)cc2)[C@](O)(C(F)F)C1. The summed E-state index contributed by atoms with van der Waals surface area (Å²) in [7, 11) is 0. The lowest BCUT2D eigenvalue weighted by molar-refractivity contribution is -0.164. The summed E-state index contributed by atoms with van der Waals surface area (Å²) in [4.78, 5) is 12.1. The molecule has 1 aliphatic heterocycles. The maximum Gasteiger partial charge on any atom is 0.287 e. The number of hydrazone groups is 1. The molecule has 102 valence electrons. The molecule has 4 nitrogen and oxygen atoms in total. The average molecular weight is 289 g/mol. The molecule has 19 heavy (non-hydrogen) atoms. The molecule has 1 aliphatic rings. The lowest BCUT2D eigenvalue weighted by atomic mass is 10.1. The molecule has 7 heteroatoms. The summed E-state index contributed by atoms with van der Waals surface area (Å²) in [6.45, 7) is 1.47. The molecule has 0 aromatic heterocycles. The van der Waals surface area contributed by atoms with Crippen LogP contribution in [0, 0.1) is 0 Å². The molecule has 0 saturated heterocycles. The molecule has 1 aromatic carbocycles. The molecule has 1 atom stereocenters. The van der Waals surface area contributed by atoms with Gasteiger partial charge in [0.15, 0.2) is 0 Å². The van der Waals surface area contributed by atoms with Gasteiger partial charge in [-0.05, 0) is 31.2 Å². The van der Waals surface area contributed by atoms with Crippen LogP contribution >= 0.6 is 11.6 Å². The number of halogens is 3. The van der Waals surface area contributed by atoms with Crippen molar-refractivity contribution >= 4 is 23.2 Å². The van der Waals surface area contributed by atoms with E-state index in [2.05, 4.69) is 5.10 Å². The number of carbonyl (C=O) groups is 1. The molecule has 1 amide bonds. The zero-order valence-electron chi connectivity index (χ0n) is 9.98. The predicted octanol–water partition coefficient (Wildman–Crippen LogP) is 2.52. The van der Waals surface area contributed by atoms with Gasteiger partial charge in [-0.1, -0.05) is 11.6 Å². The Balaban J connectivity index is 2.34. The molecule has 1 heterocycles. The van der Waals surface area contributed by atoms with E-state index in [0.29, 0.717) is 10.0 Å². The van der Waals surface area contributed by atoms with Gasteiger partial charge in [-0.2, -0.15) is 10.1 Å². The number of hydrogen-bond acceptors (Lipinski definition) is 3. The highest BCUT2D eigenvalue weighted by Crippen LogP contribution is 2.32. The van der Waals surface area contributed by atoms with Gasteiger partial charge in [0.25, 0.3) is 12.3 Å². The molecule has 0 bridgehead atoms. The predicted molar refractivity (Wildman–Crippen MR) is 66.3 cm³/mol. The highest BCUT2D eigenvalue weighted by molar-refractivity contribution is 6.30. The quantitative estimate of drug-likeness (QED) is 0.909. The van der Waals surface area contributed by atoms with E-state index >= 15 is 0 Å². The molecule has 2 rings (SSSR count). The van der Waals surface area contributed by atoms with Gasteiger partial charge in [-0.25, -0.2) is 8.78 Å². The highest BCUT2D eigenvalue weighted by atomic mass is 35.5. The molecule has 0 aliphatic carbocycles. The maximum atomic E-state index is 12.9. The fourth-order valence-corrected chi connectivity index (χ4v) is 1.98. The van der Waals surface area contributed by atoms with Gasteiger partial charge < -0.3 is 5.11 Å². The minimum atomic E-state index is -3.11. The molecule has 0 radical (unpaired) electrons. The van der Waals surface area contributed by atoms with E-state index < -0.39 is 18.1 Å². The van der Waals surface area contributed by atoms with Crippen LogP contribution in [0.1, 0.15) is 23.7 Å². The molecular formula is C12H11ClF2N2O2. The second-order valence-electron chi connectivity index (χ2n) is 4.32. The topological polar surface area (TPSA) is 52.9 Å². The first-order valence-corrected chi connectivity index (χ1v) is 5.87. The second kappa shape index (κ2) is 4.86. The van der Waals surface area contributed by atoms with Crippen molar-refractivity contribution in [2.75, 3.05) is 0 Å². The number of hydrogen-bond donors (Lipinski definition) is 1. The van der Waals surface area contributed by atoms with Gasteiger partial charge in [-0.3, -0.25) is 4.79 Å². The lowest BCUT2D eigenvalue weighted by Crippen LogP contribution is -2.51. The van der Waals surface area contributed by atoms with Crippen LogP contribution in [0.4, 0.5) is 8.78 Å². The highest BCUT2D eigenvalue weighted by Gasteiger charge is 2.51. The minimum Gasteiger partial charge on any atom is -0.364 e. The van der Waals surface area contributed by atoms with Crippen molar-refractivity contribution in [2.45, 2.75) is 25.5 Å². The Labute approximate surface area is 113 Å². The van der Waals surface area contributed by atoms with E-state index in [0.717, 1.165) is 0 Å². The number of aliphatic hydroxyl groups is 1. The number of alkyl halides is 2. The van der Waals surface area contributed by atoms with Crippen LogP contribution < -0.4 is 0 Å². The zero-order valence-corrected chi connectivity index (χ0v) is 10.7. The monoisotopic (exact) mass is 288 g/mol. The first-order chi connectivity index (χ1) is 8.84. The van der Waals surface area contributed by atoms with Crippen molar-refractivity contribution in [3.05, 3.63) is 34.9 Å². The Kier molecular flexibility index (Phi) is 3.56. The zero-order chi connectivity index (χ0) is 14.2. The van der Waals surface area contributed by atoms with E-state index in [9.17, 15) is 18.7 Å². The maximum absolute atomic E-state index is 12.9. The molecule has 1 N–H and O–H groups in total. The van der Waals surface area contributed by atoms with Gasteiger partial charge in [-0.15, -0.1) is 0 Å². The molecule has 0 fully saturated rings. The standard InChI is InChI=1S/C12H11ClF2N2O2/c1-7-6-12(19,11(14)15)17(16-7)10(18)8-2-4-9(13)5-3-8/h2-5,11,19H,6H2,1H3/t12-/m1/s1. The van der Waals surface area contributed by atoms with Crippen LogP contribution in [-0.4, -0.2) is 33.9 Å². The van der Waals surface area contributed by atoms with E-state index in [1.54, 1.807) is 0 Å². The first kappa shape index (κ1) is 13.9. The fourth-order valence-electron chi connectivity index (χ4n) is 1.85. The number of nitrogens with zero attached hydrogens (tertiary/aromatic N) is 2. The van der Waals surface area contributed by atoms with Crippen molar-refractivity contribution < 1.29 is 18.7 Å². The van der Waals surface area contributed by atoms with Crippen LogP contribution in [-0.2, 0) is 0 Å². The third kappa shape index (κ3) is 2.46. The third-order valence-corrected chi connectivity index (χ3v) is 3.04. The second-order valence-corrected chi connectivity index (χ2v) is 4.75. The van der Waals surface area contributed by atoms with Crippen molar-refractivity contribution in [2.24, 2.45) is 5.10 Å². The van der Waals surface area contributed by atoms with Crippen molar-refractivity contribution in [3.63, 3.8) is 0 Å². The lowest BCUT2D eigenvalue weighted by Gasteiger charge is -2.30. The Hall–Kier alpha value is -1.53. The summed E-state index contributed by atoms with van der Waals surface area (Å²) in [5, 5.41) is 14.5. The smallest absolute Gasteiger partial charge is 0.287 e. The number of amides is 1. The normalized spacial score (nSPS) is 22.8. The average Bonchev–Trinajstić information content (AvgIpc) is 2.66. The van der Waals surface area contributed by atoms with Crippen LogP contribution in [0.2, 0.25) is 5.02 Å². The Morgan fingerprint density at radius 3 is 2.58 bits per heavy atom. The summed E-state index contributed by atoms with van der Waals surface area (Å²) in [6.07, 6.45) is -3.48. The van der Waals surface area contributed by atoms with E-state index in [4.69, 9.17) is 11.6 Å². The molecule has 1 aromatic rings. The minimum absolute atomic E-state index is 0.127.